The van der Waals surface area contributed by atoms with E-state index in [2.05, 4.69) is 138 Å². The van der Waals surface area contributed by atoms with Crippen molar-refractivity contribution in [2.24, 2.45) is 0 Å². The van der Waals surface area contributed by atoms with Crippen molar-refractivity contribution < 1.29 is 13.3 Å². The molecule has 0 amide bonds. The van der Waals surface area contributed by atoms with E-state index >= 15 is 0 Å². The topological polar surface area (TPSA) is 55.6 Å². The van der Waals surface area contributed by atoms with Crippen molar-refractivity contribution in [1.82, 2.24) is 4.98 Å². The molecular formula is C49H28N2O3S. The quantitative estimate of drug-likeness (QED) is 0.177. The average Bonchev–Trinajstić information content (AvgIpc) is 4.02. The van der Waals surface area contributed by atoms with E-state index in [-0.39, 0.29) is 0 Å². The first-order valence-corrected chi connectivity index (χ1v) is 19.1. The first-order chi connectivity index (χ1) is 27.2. The Hall–Kier alpha value is -7.15. The molecule has 12 aromatic rings. The second-order valence-corrected chi connectivity index (χ2v) is 14.9. The maximum atomic E-state index is 6.49. The summed E-state index contributed by atoms with van der Waals surface area (Å²) in [6.45, 7) is 0. The number of furan rings is 3. The van der Waals surface area contributed by atoms with E-state index in [0.29, 0.717) is 0 Å². The van der Waals surface area contributed by atoms with Crippen molar-refractivity contribution in [3.63, 3.8) is 0 Å². The number of hydrogen-bond acceptors (Lipinski definition) is 6. The van der Waals surface area contributed by atoms with Crippen LogP contribution in [0.15, 0.2) is 183 Å². The fourth-order valence-corrected chi connectivity index (χ4v) is 9.21. The predicted octanol–water partition coefficient (Wildman–Crippen LogP) is 14.8. The number of thiazole rings is 1. The van der Waals surface area contributed by atoms with Crippen molar-refractivity contribution in [1.29, 1.82) is 0 Å². The fourth-order valence-electron chi connectivity index (χ4n) is 8.09. The van der Waals surface area contributed by atoms with Crippen LogP contribution in [0, 0.1) is 0 Å². The van der Waals surface area contributed by atoms with Gasteiger partial charge in [0.15, 0.2) is 0 Å². The van der Waals surface area contributed by atoms with Gasteiger partial charge < -0.3 is 18.2 Å². The summed E-state index contributed by atoms with van der Waals surface area (Å²) < 4.78 is 20.1. The highest BCUT2D eigenvalue weighted by molar-refractivity contribution is 7.22. The molecule has 258 valence electrons. The first kappa shape index (κ1) is 30.3. The molecule has 8 aromatic carbocycles. The standard InChI is InChI=1S/C49H28N2O3S/c1-2-8-30(9-3-1)49-50-40-22-25-45-47(48(40)55-49)37-21-16-31(26-46(37)54-45)29-14-17-32(18-15-29)51(33-19-23-43-38(27-33)35-10-4-6-12-41(35)52-43)34-20-24-44-39(28-34)36-11-5-7-13-42(36)53-44/h1-28H. The highest BCUT2D eigenvalue weighted by Gasteiger charge is 2.19. The highest BCUT2D eigenvalue weighted by atomic mass is 32.1. The minimum atomic E-state index is 0.863. The zero-order valence-corrected chi connectivity index (χ0v) is 30.0. The van der Waals surface area contributed by atoms with E-state index in [0.717, 1.165) is 115 Å². The molecular weight excluding hydrogens is 697 g/mol. The monoisotopic (exact) mass is 724 g/mol. The van der Waals surface area contributed by atoms with Gasteiger partial charge in [0.05, 0.1) is 10.2 Å². The molecule has 0 bridgehead atoms. The Bertz CT molecular complexity index is 3330. The molecule has 12 rings (SSSR count). The number of hydrogen-bond donors (Lipinski definition) is 0. The zero-order valence-electron chi connectivity index (χ0n) is 29.2. The maximum absolute atomic E-state index is 6.49. The summed E-state index contributed by atoms with van der Waals surface area (Å²) in [5, 5.41) is 7.58. The fraction of sp³-hybridized carbons (Fsp3) is 0. The highest BCUT2D eigenvalue weighted by Crippen LogP contribution is 2.43. The number of para-hydroxylation sites is 2. The van der Waals surface area contributed by atoms with E-state index < -0.39 is 0 Å². The lowest BCUT2D eigenvalue weighted by atomic mass is 10.0. The number of rotatable bonds is 5. The Morgan fingerprint density at radius 3 is 1.64 bits per heavy atom. The molecule has 55 heavy (non-hydrogen) atoms. The lowest BCUT2D eigenvalue weighted by molar-refractivity contribution is 0.668. The molecule has 5 nitrogen and oxygen atoms in total. The molecule has 0 spiro atoms. The van der Waals surface area contributed by atoms with Crippen LogP contribution in [0.2, 0.25) is 0 Å². The summed E-state index contributed by atoms with van der Waals surface area (Å²) in [5.41, 5.74) is 12.6. The Morgan fingerprint density at radius 1 is 0.382 bits per heavy atom. The smallest absolute Gasteiger partial charge is 0.137 e. The van der Waals surface area contributed by atoms with Crippen LogP contribution in [-0.2, 0) is 0 Å². The Morgan fingerprint density at radius 2 is 0.945 bits per heavy atom. The Balaban J connectivity index is 0.966. The maximum Gasteiger partial charge on any atom is 0.137 e. The van der Waals surface area contributed by atoms with Gasteiger partial charge in [0, 0.05) is 54.9 Å². The lowest BCUT2D eigenvalue weighted by Crippen LogP contribution is -2.09. The van der Waals surface area contributed by atoms with Gasteiger partial charge in [-0.1, -0.05) is 84.9 Å². The normalized spacial score (nSPS) is 12.0. The van der Waals surface area contributed by atoms with Crippen LogP contribution >= 0.6 is 11.3 Å². The van der Waals surface area contributed by atoms with Gasteiger partial charge in [-0.2, -0.15) is 0 Å². The van der Waals surface area contributed by atoms with Crippen molar-refractivity contribution in [2.75, 3.05) is 4.90 Å². The van der Waals surface area contributed by atoms with Gasteiger partial charge in [-0.25, -0.2) is 4.98 Å². The van der Waals surface area contributed by atoms with E-state index in [1.54, 1.807) is 11.3 Å². The number of benzene rings is 8. The van der Waals surface area contributed by atoms with Crippen LogP contribution in [0.3, 0.4) is 0 Å². The lowest BCUT2D eigenvalue weighted by Gasteiger charge is -2.26. The molecule has 0 N–H and O–H groups in total. The van der Waals surface area contributed by atoms with Crippen LogP contribution in [0.4, 0.5) is 17.1 Å². The molecule has 6 heteroatoms. The third-order valence-corrected chi connectivity index (χ3v) is 11.8. The third-order valence-electron chi connectivity index (χ3n) is 10.7. The van der Waals surface area contributed by atoms with Gasteiger partial charge in [-0.05, 0) is 96.1 Å². The van der Waals surface area contributed by atoms with Crippen molar-refractivity contribution in [3.8, 4) is 21.7 Å². The van der Waals surface area contributed by atoms with Crippen LogP contribution in [0.1, 0.15) is 0 Å². The molecule has 4 heterocycles. The van der Waals surface area contributed by atoms with Crippen LogP contribution in [-0.4, -0.2) is 4.98 Å². The molecule has 0 unspecified atom stereocenters. The van der Waals surface area contributed by atoms with Crippen molar-refractivity contribution in [3.05, 3.63) is 170 Å². The van der Waals surface area contributed by atoms with Gasteiger partial charge in [0.25, 0.3) is 0 Å². The third kappa shape index (κ3) is 4.75. The van der Waals surface area contributed by atoms with Crippen LogP contribution in [0.25, 0.3) is 97.7 Å². The first-order valence-electron chi connectivity index (χ1n) is 18.3. The number of fused-ring (bicyclic) bond motifs is 11. The van der Waals surface area contributed by atoms with Gasteiger partial charge >= 0.3 is 0 Å². The molecule has 0 aliphatic heterocycles. The summed E-state index contributed by atoms with van der Waals surface area (Å²) in [4.78, 5) is 7.27. The van der Waals surface area contributed by atoms with Crippen LogP contribution < -0.4 is 4.90 Å². The van der Waals surface area contributed by atoms with Gasteiger partial charge in [-0.3, -0.25) is 0 Å². The molecule has 0 saturated carbocycles. The average molecular weight is 725 g/mol. The van der Waals surface area contributed by atoms with Gasteiger partial charge in [-0.15, -0.1) is 11.3 Å². The summed E-state index contributed by atoms with van der Waals surface area (Å²) >= 11 is 1.72. The minimum absolute atomic E-state index is 0.863. The molecule has 0 fully saturated rings. The summed E-state index contributed by atoms with van der Waals surface area (Å²) in [6, 6.07) is 59.1. The largest absolute Gasteiger partial charge is 0.456 e. The predicted molar refractivity (Wildman–Crippen MR) is 227 cm³/mol. The number of anilines is 3. The molecule has 0 radical (unpaired) electrons. The molecule has 0 atom stereocenters. The van der Waals surface area contributed by atoms with E-state index in [1.165, 1.54) is 0 Å². The Labute approximate surface area is 317 Å². The molecule has 0 aliphatic carbocycles. The second kappa shape index (κ2) is 11.7. The van der Waals surface area contributed by atoms with E-state index in [9.17, 15) is 0 Å². The summed E-state index contributed by atoms with van der Waals surface area (Å²) in [6.07, 6.45) is 0. The van der Waals surface area contributed by atoms with Crippen LogP contribution in [0.5, 0.6) is 0 Å². The summed E-state index contributed by atoms with van der Waals surface area (Å²) in [5.74, 6) is 0. The second-order valence-electron chi connectivity index (χ2n) is 13.9. The van der Waals surface area contributed by atoms with E-state index in [1.807, 2.05) is 36.4 Å². The number of aromatic nitrogens is 1. The molecule has 4 aromatic heterocycles. The molecule has 0 saturated heterocycles. The summed E-state index contributed by atoms with van der Waals surface area (Å²) in [7, 11) is 0. The van der Waals surface area contributed by atoms with Gasteiger partial charge in [0.2, 0.25) is 0 Å². The van der Waals surface area contributed by atoms with Crippen molar-refractivity contribution >= 4 is 104 Å². The molecule has 0 aliphatic rings. The van der Waals surface area contributed by atoms with E-state index in [4.69, 9.17) is 18.2 Å². The minimum Gasteiger partial charge on any atom is -0.456 e. The van der Waals surface area contributed by atoms with Gasteiger partial charge in [0.1, 0.15) is 38.5 Å². The Kier molecular flexibility index (Phi) is 6.44. The SMILES string of the molecule is c1ccc(-c2nc3ccc4oc5cc(-c6ccc(N(c7ccc8oc9ccccc9c8c7)c7ccc8oc9ccccc9c8c7)cc6)ccc5c4c3s2)cc1. The number of nitrogens with zero attached hydrogens (tertiary/aromatic N) is 2. The zero-order chi connectivity index (χ0) is 36.0. The van der Waals surface area contributed by atoms with Crippen molar-refractivity contribution in [2.45, 2.75) is 0 Å².